The molecular formula is C53H34N4. The Hall–Kier alpha value is -7.69. The zero-order valence-electron chi connectivity index (χ0n) is 30.9. The maximum Gasteiger partial charge on any atom is 0.0571 e. The fraction of sp³-hybridized carbons (Fsp3) is 0. The number of pyridine rings is 1. The molecule has 0 fully saturated rings. The number of hydrogen-bond donors (Lipinski definition) is 0. The van der Waals surface area contributed by atoms with E-state index in [9.17, 15) is 0 Å². The Morgan fingerprint density at radius 3 is 1.42 bits per heavy atom. The first-order valence-electron chi connectivity index (χ1n) is 19.5. The highest BCUT2D eigenvalue weighted by Crippen LogP contribution is 2.43. The average molecular weight is 727 g/mol. The van der Waals surface area contributed by atoms with Crippen LogP contribution in [0.25, 0.3) is 105 Å². The van der Waals surface area contributed by atoms with E-state index in [0.29, 0.717) is 0 Å². The highest BCUT2D eigenvalue weighted by Gasteiger charge is 2.21. The number of rotatable bonds is 5. The molecule has 4 heteroatoms. The van der Waals surface area contributed by atoms with Crippen LogP contribution >= 0.6 is 0 Å². The summed E-state index contributed by atoms with van der Waals surface area (Å²) in [5.74, 6) is 0. The summed E-state index contributed by atoms with van der Waals surface area (Å²) in [7, 11) is 0. The summed E-state index contributed by atoms with van der Waals surface area (Å²) in [6, 6.07) is 70.4. The van der Waals surface area contributed by atoms with Crippen molar-refractivity contribution in [1.29, 1.82) is 0 Å². The molecule has 0 saturated heterocycles. The second kappa shape index (κ2) is 12.4. The van der Waals surface area contributed by atoms with Crippen LogP contribution in [0.4, 0.5) is 0 Å². The molecule has 0 unspecified atom stereocenters. The van der Waals surface area contributed by atoms with Crippen molar-refractivity contribution in [2.75, 3.05) is 0 Å². The minimum absolute atomic E-state index is 1.14. The molecule has 0 amide bonds. The van der Waals surface area contributed by atoms with Crippen molar-refractivity contribution in [3.63, 3.8) is 0 Å². The molecule has 12 rings (SSSR count). The Balaban J connectivity index is 1.06. The first kappa shape index (κ1) is 31.6. The maximum absolute atomic E-state index is 4.53. The van der Waals surface area contributed by atoms with E-state index in [0.717, 1.165) is 28.0 Å². The van der Waals surface area contributed by atoms with Crippen molar-refractivity contribution in [2.45, 2.75) is 0 Å². The molecule has 4 aromatic heterocycles. The quantitative estimate of drug-likeness (QED) is 0.174. The minimum Gasteiger partial charge on any atom is -0.309 e. The van der Waals surface area contributed by atoms with Crippen LogP contribution < -0.4 is 0 Å². The summed E-state index contributed by atoms with van der Waals surface area (Å²) in [5.41, 5.74) is 15.3. The summed E-state index contributed by atoms with van der Waals surface area (Å²) >= 11 is 0. The Morgan fingerprint density at radius 1 is 0.281 bits per heavy atom. The van der Waals surface area contributed by atoms with Gasteiger partial charge in [0.25, 0.3) is 0 Å². The Kier molecular flexibility index (Phi) is 6.89. The van der Waals surface area contributed by atoms with Gasteiger partial charge in [-0.1, -0.05) is 109 Å². The molecule has 57 heavy (non-hydrogen) atoms. The van der Waals surface area contributed by atoms with Gasteiger partial charge in [0.1, 0.15) is 0 Å². The number of aromatic nitrogens is 4. The molecule has 0 aliphatic heterocycles. The predicted molar refractivity (Wildman–Crippen MR) is 238 cm³/mol. The monoisotopic (exact) mass is 726 g/mol. The first-order chi connectivity index (χ1) is 28.3. The van der Waals surface area contributed by atoms with E-state index >= 15 is 0 Å². The number of fused-ring (bicyclic) bond motifs is 10. The van der Waals surface area contributed by atoms with Gasteiger partial charge in [0.05, 0.1) is 33.1 Å². The SMILES string of the molecule is c1ccc(-n2c3ccncc3c3cc(-c4cccc(-c5ccc6c7c8c9ccccc9n(-c9ccccc9)c8ccc7n(-c7ccccc7)c6c5)c4)ccc32)cc1. The van der Waals surface area contributed by atoms with E-state index in [4.69, 9.17) is 0 Å². The molecule has 0 N–H and O–H groups in total. The third-order valence-corrected chi connectivity index (χ3v) is 11.7. The molecule has 266 valence electrons. The van der Waals surface area contributed by atoms with Crippen molar-refractivity contribution >= 4 is 65.4 Å². The molecule has 0 atom stereocenters. The highest BCUT2D eigenvalue weighted by atomic mass is 15.0. The lowest BCUT2D eigenvalue weighted by Gasteiger charge is -2.10. The lowest BCUT2D eigenvalue weighted by Crippen LogP contribution is -1.94. The third-order valence-electron chi connectivity index (χ3n) is 11.7. The molecule has 4 nitrogen and oxygen atoms in total. The van der Waals surface area contributed by atoms with Gasteiger partial charge in [-0.2, -0.15) is 0 Å². The fourth-order valence-electron chi connectivity index (χ4n) is 9.24. The molecule has 4 heterocycles. The van der Waals surface area contributed by atoms with Crippen LogP contribution in [0.1, 0.15) is 0 Å². The molecule has 0 radical (unpaired) electrons. The van der Waals surface area contributed by atoms with Gasteiger partial charge < -0.3 is 13.7 Å². The van der Waals surface area contributed by atoms with Gasteiger partial charge in [0.15, 0.2) is 0 Å². The van der Waals surface area contributed by atoms with Crippen molar-refractivity contribution in [3.8, 4) is 39.3 Å². The highest BCUT2D eigenvalue weighted by molar-refractivity contribution is 6.29. The Labute approximate surface area is 328 Å². The molecule has 0 bridgehead atoms. The van der Waals surface area contributed by atoms with Gasteiger partial charge in [0, 0.05) is 61.8 Å². The van der Waals surface area contributed by atoms with Crippen LogP contribution in [-0.4, -0.2) is 18.7 Å². The zero-order chi connectivity index (χ0) is 37.5. The van der Waals surface area contributed by atoms with Crippen LogP contribution in [0.15, 0.2) is 207 Å². The molecule has 0 aliphatic carbocycles. The summed E-state index contributed by atoms with van der Waals surface area (Å²) < 4.78 is 7.18. The second-order valence-electron chi connectivity index (χ2n) is 14.8. The van der Waals surface area contributed by atoms with Crippen molar-refractivity contribution in [2.24, 2.45) is 0 Å². The predicted octanol–water partition coefficient (Wildman–Crippen LogP) is 13.7. The fourth-order valence-corrected chi connectivity index (χ4v) is 9.24. The average Bonchev–Trinajstić information content (AvgIpc) is 3.92. The summed E-state index contributed by atoms with van der Waals surface area (Å²) in [5, 5.41) is 7.39. The van der Waals surface area contributed by atoms with Crippen LogP contribution in [0.3, 0.4) is 0 Å². The van der Waals surface area contributed by atoms with E-state index in [1.807, 2.05) is 12.4 Å². The van der Waals surface area contributed by atoms with Gasteiger partial charge in [0.2, 0.25) is 0 Å². The Bertz CT molecular complexity index is 3500. The van der Waals surface area contributed by atoms with E-state index in [1.165, 1.54) is 76.8 Å². The van der Waals surface area contributed by atoms with Crippen molar-refractivity contribution < 1.29 is 0 Å². The van der Waals surface area contributed by atoms with Gasteiger partial charge >= 0.3 is 0 Å². The van der Waals surface area contributed by atoms with Gasteiger partial charge in [-0.15, -0.1) is 0 Å². The molecule has 12 aromatic rings. The van der Waals surface area contributed by atoms with E-state index in [1.54, 1.807) is 0 Å². The largest absolute Gasteiger partial charge is 0.309 e. The van der Waals surface area contributed by atoms with Crippen LogP contribution in [0.5, 0.6) is 0 Å². The third kappa shape index (κ3) is 4.77. The summed E-state index contributed by atoms with van der Waals surface area (Å²) in [6.07, 6.45) is 3.87. The molecule has 0 spiro atoms. The number of para-hydroxylation sites is 4. The lowest BCUT2D eigenvalue weighted by molar-refractivity contribution is 1.17. The lowest BCUT2D eigenvalue weighted by atomic mass is 9.97. The molecule has 0 aliphatic rings. The maximum atomic E-state index is 4.53. The number of benzene rings is 8. The van der Waals surface area contributed by atoms with Crippen molar-refractivity contribution in [1.82, 2.24) is 18.7 Å². The smallest absolute Gasteiger partial charge is 0.0571 e. The van der Waals surface area contributed by atoms with E-state index in [-0.39, 0.29) is 0 Å². The normalized spacial score (nSPS) is 11.9. The van der Waals surface area contributed by atoms with Crippen LogP contribution in [0, 0.1) is 0 Å². The summed E-state index contributed by atoms with van der Waals surface area (Å²) in [4.78, 5) is 4.53. The van der Waals surface area contributed by atoms with Crippen LogP contribution in [-0.2, 0) is 0 Å². The number of hydrogen-bond acceptors (Lipinski definition) is 1. The van der Waals surface area contributed by atoms with Gasteiger partial charge in [-0.05, 0) is 107 Å². The minimum atomic E-state index is 1.14. The molecule has 0 saturated carbocycles. The Morgan fingerprint density at radius 2 is 0.754 bits per heavy atom. The summed E-state index contributed by atoms with van der Waals surface area (Å²) in [6.45, 7) is 0. The van der Waals surface area contributed by atoms with Crippen LogP contribution in [0.2, 0.25) is 0 Å². The zero-order valence-corrected chi connectivity index (χ0v) is 30.9. The molecule has 8 aromatic carbocycles. The van der Waals surface area contributed by atoms with E-state index < -0.39 is 0 Å². The van der Waals surface area contributed by atoms with E-state index in [2.05, 4.69) is 213 Å². The van der Waals surface area contributed by atoms with Crippen molar-refractivity contribution in [3.05, 3.63) is 207 Å². The number of nitrogens with zero attached hydrogens (tertiary/aromatic N) is 4. The first-order valence-corrected chi connectivity index (χ1v) is 19.5. The topological polar surface area (TPSA) is 27.7 Å². The molecular weight excluding hydrogens is 693 g/mol. The van der Waals surface area contributed by atoms with Gasteiger partial charge in [-0.3, -0.25) is 4.98 Å². The van der Waals surface area contributed by atoms with Gasteiger partial charge in [-0.25, -0.2) is 0 Å². The standard InChI is InChI=1S/C53H34N4/c1-4-15-39(16-5-1)55-47-26-24-37(32-44(47)45-34-54-30-29-48(45)55)35-13-12-14-36(31-35)38-23-25-43-51(33-38)57(41-19-8-3-9-20-41)50-28-27-49-52(53(43)50)42-21-10-11-22-46(42)56(49)40-17-6-2-7-18-40/h1-34H. The second-order valence-corrected chi connectivity index (χ2v) is 14.8.